The Balaban J connectivity index is 3.68. The van der Waals surface area contributed by atoms with E-state index in [0.29, 0.717) is 0 Å². The second-order valence-corrected chi connectivity index (χ2v) is 14.8. The summed E-state index contributed by atoms with van der Waals surface area (Å²) in [5, 5.41) is 0. The van der Waals surface area contributed by atoms with Crippen LogP contribution in [-0.2, 0) is 0 Å². The van der Waals surface area contributed by atoms with Gasteiger partial charge < -0.3 is 0 Å². The van der Waals surface area contributed by atoms with Crippen LogP contribution in [0.1, 0.15) is 246 Å². The fourth-order valence-corrected chi connectivity index (χ4v) is 7.40. The minimum absolute atomic E-state index is 0.773. The molecule has 0 amide bonds. The normalized spacial score (nSPS) is 13.8. The average molecular weight is 603 g/mol. The Hall–Kier alpha value is -0.260. The number of unbranched alkanes of at least 4 members (excludes halogenated alkanes) is 20. The molecule has 0 saturated heterocycles. The summed E-state index contributed by atoms with van der Waals surface area (Å²) in [7, 11) is 0. The molecule has 2 atom stereocenters. The van der Waals surface area contributed by atoms with Gasteiger partial charge in [-0.15, -0.1) is 6.58 Å². The van der Waals surface area contributed by atoms with E-state index in [2.05, 4.69) is 40.3 Å². The fraction of sp³-hybridized carbons (Fsp3) is 0.953. The van der Waals surface area contributed by atoms with Crippen molar-refractivity contribution in [2.75, 3.05) is 0 Å². The summed E-state index contributed by atoms with van der Waals surface area (Å²) < 4.78 is 0. The van der Waals surface area contributed by atoms with Crippen molar-refractivity contribution in [3.05, 3.63) is 12.7 Å². The van der Waals surface area contributed by atoms with Crippen molar-refractivity contribution < 1.29 is 0 Å². The van der Waals surface area contributed by atoms with E-state index in [4.69, 9.17) is 0 Å². The van der Waals surface area contributed by atoms with Gasteiger partial charge in [-0.2, -0.15) is 0 Å². The molecule has 43 heavy (non-hydrogen) atoms. The highest BCUT2D eigenvalue weighted by Crippen LogP contribution is 2.26. The van der Waals surface area contributed by atoms with Crippen molar-refractivity contribution in [3.8, 4) is 0 Å². The van der Waals surface area contributed by atoms with Crippen molar-refractivity contribution in [2.45, 2.75) is 246 Å². The number of hydrogen-bond donors (Lipinski definition) is 0. The molecule has 258 valence electrons. The van der Waals surface area contributed by atoms with Crippen molar-refractivity contribution in [3.63, 3.8) is 0 Å². The van der Waals surface area contributed by atoms with Crippen LogP contribution < -0.4 is 0 Å². The lowest BCUT2D eigenvalue weighted by Gasteiger charge is -2.16. The number of allylic oxidation sites excluding steroid dienone is 1. The lowest BCUT2D eigenvalue weighted by Crippen LogP contribution is -2.01. The zero-order valence-corrected chi connectivity index (χ0v) is 31.1. The Bertz CT molecular complexity index is 464. The Morgan fingerprint density at radius 2 is 0.535 bits per heavy atom. The van der Waals surface area contributed by atoms with Gasteiger partial charge in [0.1, 0.15) is 0 Å². The van der Waals surface area contributed by atoms with E-state index >= 15 is 0 Å². The smallest absolute Gasteiger partial charge is 0.0236 e. The van der Waals surface area contributed by atoms with Gasteiger partial charge in [0.05, 0.1) is 0 Å². The first kappa shape index (κ1) is 42.7. The second kappa shape index (κ2) is 36.2. The van der Waals surface area contributed by atoms with Gasteiger partial charge in [0.2, 0.25) is 0 Å². The zero-order chi connectivity index (χ0) is 31.5. The van der Waals surface area contributed by atoms with Gasteiger partial charge in [0, 0.05) is 0 Å². The van der Waals surface area contributed by atoms with Crippen LogP contribution in [0.15, 0.2) is 12.7 Å². The lowest BCUT2D eigenvalue weighted by atomic mass is 9.90. The van der Waals surface area contributed by atoms with E-state index in [1.54, 1.807) is 0 Å². The highest BCUT2D eigenvalue weighted by molar-refractivity contribution is 4.78. The molecule has 0 aliphatic rings. The molecule has 0 bridgehead atoms. The molecule has 0 radical (unpaired) electrons. The van der Waals surface area contributed by atoms with E-state index in [-0.39, 0.29) is 0 Å². The van der Waals surface area contributed by atoms with Crippen molar-refractivity contribution >= 4 is 0 Å². The molecule has 0 rings (SSSR count). The summed E-state index contributed by atoms with van der Waals surface area (Å²) in [6, 6.07) is 0. The lowest BCUT2D eigenvalue weighted by molar-refractivity contribution is 0.371. The van der Waals surface area contributed by atoms with Crippen LogP contribution in [0, 0.1) is 17.8 Å². The van der Waals surface area contributed by atoms with Crippen LogP contribution in [-0.4, -0.2) is 0 Å². The summed E-state index contributed by atoms with van der Waals surface area (Å²) in [4.78, 5) is 0. The minimum Gasteiger partial charge on any atom is -0.103 e. The molecule has 2 unspecified atom stereocenters. The summed E-state index contributed by atoms with van der Waals surface area (Å²) in [5.74, 6) is 2.82. The topological polar surface area (TPSA) is 0 Å². The van der Waals surface area contributed by atoms with Gasteiger partial charge in [0.15, 0.2) is 0 Å². The molecule has 0 aromatic rings. The first-order chi connectivity index (χ1) is 21.2. The van der Waals surface area contributed by atoms with Gasteiger partial charge in [-0.25, -0.2) is 0 Å². The molecular weight excluding hydrogens is 516 g/mol. The Kier molecular flexibility index (Phi) is 36.0. The van der Waals surface area contributed by atoms with E-state index in [1.807, 2.05) is 0 Å². The Morgan fingerprint density at radius 1 is 0.302 bits per heavy atom. The zero-order valence-electron chi connectivity index (χ0n) is 31.1. The third kappa shape index (κ3) is 31.5. The molecule has 0 spiro atoms. The maximum atomic E-state index is 4.18. The van der Waals surface area contributed by atoms with Gasteiger partial charge in [-0.05, 0) is 30.6 Å². The quantitative estimate of drug-likeness (QED) is 0.0490. The first-order valence-electron chi connectivity index (χ1n) is 20.8. The number of hydrogen-bond acceptors (Lipinski definition) is 0. The average Bonchev–Trinajstić information content (AvgIpc) is 3.02. The predicted molar refractivity (Wildman–Crippen MR) is 200 cm³/mol. The van der Waals surface area contributed by atoms with Gasteiger partial charge in [-0.1, -0.05) is 239 Å². The molecule has 0 N–H and O–H groups in total. The van der Waals surface area contributed by atoms with Crippen molar-refractivity contribution in [2.24, 2.45) is 17.8 Å². The largest absolute Gasteiger partial charge is 0.103 e. The molecule has 0 heterocycles. The molecule has 0 aliphatic carbocycles. The fourth-order valence-electron chi connectivity index (χ4n) is 7.40. The standard InChI is InChI=1S/C43H86/c1-6-11-15-27-37-42(33-13-8-3)39-31-25-21-17-19-23-29-35-41(10-5)36-30-24-20-18-22-26-32-40-43(34-14-9-4)38-28-16-12-7-2/h10,41-43H,5-9,11-40H2,1-4H3. The SMILES string of the molecule is C=CC(CCCCCCCCCC(CCCC)CCCCCC)CCCCCCCCCC(CCCC)CCCCCC. The second-order valence-electron chi connectivity index (χ2n) is 14.8. The van der Waals surface area contributed by atoms with Crippen LogP contribution >= 0.6 is 0 Å². The van der Waals surface area contributed by atoms with Crippen LogP contribution in [0.5, 0.6) is 0 Å². The Labute approximate surface area is 275 Å². The van der Waals surface area contributed by atoms with Gasteiger partial charge in [-0.3, -0.25) is 0 Å². The molecule has 0 aromatic heterocycles. The van der Waals surface area contributed by atoms with E-state index < -0.39 is 0 Å². The molecule has 0 aliphatic heterocycles. The van der Waals surface area contributed by atoms with Crippen molar-refractivity contribution in [1.82, 2.24) is 0 Å². The maximum absolute atomic E-state index is 4.18. The minimum atomic E-state index is 0.773. The highest BCUT2D eigenvalue weighted by atomic mass is 14.2. The first-order valence-corrected chi connectivity index (χ1v) is 20.8. The molecule has 0 heteroatoms. The summed E-state index contributed by atoms with van der Waals surface area (Å²) in [6.45, 7) is 13.5. The Morgan fingerprint density at radius 3 is 0.814 bits per heavy atom. The van der Waals surface area contributed by atoms with E-state index in [1.165, 1.54) is 218 Å². The van der Waals surface area contributed by atoms with Crippen LogP contribution in [0.25, 0.3) is 0 Å². The monoisotopic (exact) mass is 603 g/mol. The number of rotatable bonds is 37. The van der Waals surface area contributed by atoms with Gasteiger partial charge in [0.25, 0.3) is 0 Å². The van der Waals surface area contributed by atoms with Crippen LogP contribution in [0.2, 0.25) is 0 Å². The summed E-state index contributed by atoms with van der Waals surface area (Å²) >= 11 is 0. The maximum Gasteiger partial charge on any atom is -0.0236 e. The molecule has 0 saturated carbocycles. The van der Waals surface area contributed by atoms with Gasteiger partial charge >= 0.3 is 0 Å². The third-order valence-corrected chi connectivity index (χ3v) is 10.6. The summed E-state index contributed by atoms with van der Waals surface area (Å²) in [5.41, 5.74) is 0. The highest BCUT2D eigenvalue weighted by Gasteiger charge is 2.10. The van der Waals surface area contributed by atoms with Crippen LogP contribution in [0.4, 0.5) is 0 Å². The van der Waals surface area contributed by atoms with Crippen molar-refractivity contribution in [1.29, 1.82) is 0 Å². The third-order valence-electron chi connectivity index (χ3n) is 10.6. The van der Waals surface area contributed by atoms with E-state index in [9.17, 15) is 0 Å². The van der Waals surface area contributed by atoms with E-state index in [0.717, 1.165) is 17.8 Å². The predicted octanol–water partition coefficient (Wildman–Crippen LogP) is 16.4. The summed E-state index contributed by atoms with van der Waals surface area (Å²) in [6.07, 6.45) is 51.6. The molecule has 0 aromatic carbocycles. The molecule has 0 nitrogen and oxygen atoms in total. The molecule has 0 fully saturated rings. The van der Waals surface area contributed by atoms with Crippen LogP contribution in [0.3, 0.4) is 0 Å². The molecular formula is C43H86.